The molecule has 1 saturated heterocycles. The normalized spacial score (nSPS) is 29.9. The Morgan fingerprint density at radius 3 is 2.46 bits per heavy atom. The molecule has 0 radical (unpaired) electrons. The number of piperidine rings is 1. The number of hydrogen-bond donors (Lipinski definition) is 1. The SMILES string of the molecule is Cc1nn(C)cc1S(=O)(=O)N1CCC(C(=O)NC(C)C2CC3CCC2C3)CC1. The first-order chi connectivity index (χ1) is 13.3. The number of fused-ring (bicyclic) bond motifs is 2. The number of rotatable bonds is 5. The molecule has 4 rings (SSSR count). The molecular formula is C20H32N4O3S. The van der Waals surface area contributed by atoms with Gasteiger partial charge in [0.2, 0.25) is 15.9 Å². The molecule has 1 amide bonds. The van der Waals surface area contributed by atoms with Gasteiger partial charge in [-0.1, -0.05) is 6.42 Å². The molecule has 28 heavy (non-hydrogen) atoms. The fourth-order valence-electron chi connectivity index (χ4n) is 5.68. The van der Waals surface area contributed by atoms with E-state index >= 15 is 0 Å². The number of nitrogens with one attached hydrogen (secondary N) is 1. The van der Waals surface area contributed by atoms with Gasteiger partial charge in [-0.15, -0.1) is 0 Å². The van der Waals surface area contributed by atoms with Crippen LogP contribution in [-0.4, -0.2) is 47.5 Å². The molecule has 0 aromatic carbocycles. The minimum absolute atomic E-state index is 0.0949. The number of carbonyl (C=O) groups is 1. The van der Waals surface area contributed by atoms with Crippen molar-refractivity contribution in [2.45, 2.75) is 63.3 Å². The quantitative estimate of drug-likeness (QED) is 0.808. The second-order valence-electron chi connectivity index (χ2n) is 9.07. The molecule has 2 bridgehead atoms. The molecule has 4 unspecified atom stereocenters. The predicted octanol–water partition coefficient (Wildman–Crippen LogP) is 2.07. The van der Waals surface area contributed by atoms with E-state index in [4.69, 9.17) is 0 Å². The summed E-state index contributed by atoms with van der Waals surface area (Å²) in [7, 11) is -1.82. The molecule has 4 atom stereocenters. The molecule has 2 aliphatic carbocycles. The van der Waals surface area contributed by atoms with E-state index in [1.54, 1.807) is 20.2 Å². The lowest BCUT2D eigenvalue weighted by Crippen LogP contribution is -2.47. The van der Waals surface area contributed by atoms with E-state index in [1.165, 1.54) is 34.7 Å². The summed E-state index contributed by atoms with van der Waals surface area (Å²) in [6.45, 7) is 4.63. The second-order valence-corrected chi connectivity index (χ2v) is 11.0. The van der Waals surface area contributed by atoms with E-state index in [-0.39, 0.29) is 22.8 Å². The van der Waals surface area contributed by atoms with Crippen molar-refractivity contribution < 1.29 is 13.2 Å². The first-order valence-corrected chi connectivity index (χ1v) is 12.0. The number of hydrogen-bond acceptors (Lipinski definition) is 4. The third kappa shape index (κ3) is 3.61. The lowest BCUT2D eigenvalue weighted by atomic mass is 9.83. The van der Waals surface area contributed by atoms with Crippen LogP contribution < -0.4 is 5.32 Å². The summed E-state index contributed by atoms with van der Waals surface area (Å²) in [5.74, 6) is 2.29. The lowest BCUT2D eigenvalue weighted by molar-refractivity contribution is -0.127. The average Bonchev–Trinajstić information content (AvgIpc) is 3.37. The van der Waals surface area contributed by atoms with Crippen molar-refractivity contribution in [1.82, 2.24) is 19.4 Å². The van der Waals surface area contributed by atoms with E-state index in [0.717, 1.165) is 11.8 Å². The van der Waals surface area contributed by atoms with Crippen LogP contribution in [0.4, 0.5) is 0 Å². The van der Waals surface area contributed by atoms with Gasteiger partial charge < -0.3 is 5.32 Å². The van der Waals surface area contributed by atoms with Crippen molar-refractivity contribution in [3.05, 3.63) is 11.9 Å². The number of carbonyl (C=O) groups excluding carboxylic acids is 1. The number of amides is 1. The van der Waals surface area contributed by atoms with Gasteiger partial charge in [-0.05, 0) is 63.7 Å². The van der Waals surface area contributed by atoms with Gasteiger partial charge in [-0.3, -0.25) is 9.48 Å². The lowest BCUT2D eigenvalue weighted by Gasteiger charge is -2.33. The first kappa shape index (κ1) is 19.9. The van der Waals surface area contributed by atoms with E-state index in [1.807, 2.05) is 0 Å². The fraction of sp³-hybridized carbons (Fsp3) is 0.800. The summed E-state index contributed by atoms with van der Waals surface area (Å²) in [6, 6.07) is 0.225. The molecule has 3 aliphatic rings. The van der Waals surface area contributed by atoms with Gasteiger partial charge in [-0.2, -0.15) is 9.40 Å². The van der Waals surface area contributed by atoms with Gasteiger partial charge in [0.15, 0.2) is 0 Å². The zero-order valence-electron chi connectivity index (χ0n) is 17.1. The van der Waals surface area contributed by atoms with Crippen LogP contribution in [0.2, 0.25) is 0 Å². The maximum atomic E-state index is 12.9. The molecular weight excluding hydrogens is 376 g/mol. The van der Waals surface area contributed by atoms with Crippen molar-refractivity contribution in [3.63, 3.8) is 0 Å². The summed E-state index contributed by atoms with van der Waals surface area (Å²) in [5, 5.41) is 7.40. The first-order valence-electron chi connectivity index (χ1n) is 10.6. The minimum atomic E-state index is -3.54. The Morgan fingerprint density at radius 2 is 1.93 bits per heavy atom. The molecule has 2 saturated carbocycles. The van der Waals surface area contributed by atoms with Gasteiger partial charge in [-0.25, -0.2) is 8.42 Å². The highest BCUT2D eigenvalue weighted by atomic mass is 32.2. The number of nitrogens with zero attached hydrogens (tertiary/aromatic N) is 3. The van der Waals surface area contributed by atoms with E-state index in [9.17, 15) is 13.2 Å². The summed E-state index contributed by atoms with van der Waals surface area (Å²) >= 11 is 0. The smallest absolute Gasteiger partial charge is 0.246 e. The van der Waals surface area contributed by atoms with Crippen LogP contribution in [0.5, 0.6) is 0 Å². The number of aryl methyl sites for hydroxylation is 2. The Bertz CT molecular complexity index is 842. The molecule has 1 aliphatic heterocycles. The Hall–Kier alpha value is -1.41. The van der Waals surface area contributed by atoms with Crippen molar-refractivity contribution in [2.75, 3.05) is 13.1 Å². The Labute approximate surface area is 167 Å². The van der Waals surface area contributed by atoms with Crippen LogP contribution >= 0.6 is 0 Å². The average molecular weight is 409 g/mol. The van der Waals surface area contributed by atoms with Crippen LogP contribution in [0.1, 0.15) is 51.1 Å². The Morgan fingerprint density at radius 1 is 1.21 bits per heavy atom. The van der Waals surface area contributed by atoms with Crippen LogP contribution in [0.3, 0.4) is 0 Å². The molecule has 156 valence electrons. The highest BCUT2D eigenvalue weighted by molar-refractivity contribution is 7.89. The summed E-state index contributed by atoms with van der Waals surface area (Å²) in [6.07, 6.45) is 8.00. The largest absolute Gasteiger partial charge is 0.353 e. The van der Waals surface area contributed by atoms with Gasteiger partial charge in [0.25, 0.3) is 0 Å². The summed E-state index contributed by atoms with van der Waals surface area (Å²) in [5.41, 5.74) is 0.516. The van der Waals surface area contributed by atoms with Crippen LogP contribution in [0.15, 0.2) is 11.1 Å². The van der Waals surface area contributed by atoms with E-state index in [0.29, 0.717) is 37.5 Å². The topological polar surface area (TPSA) is 84.3 Å². The summed E-state index contributed by atoms with van der Waals surface area (Å²) in [4.78, 5) is 13.0. The van der Waals surface area contributed by atoms with Gasteiger partial charge in [0, 0.05) is 38.3 Å². The third-order valence-corrected chi connectivity index (χ3v) is 9.22. The predicted molar refractivity (Wildman–Crippen MR) is 106 cm³/mol. The number of sulfonamides is 1. The maximum absolute atomic E-state index is 12.9. The van der Waals surface area contributed by atoms with Crippen molar-refractivity contribution in [2.24, 2.45) is 30.7 Å². The zero-order valence-corrected chi connectivity index (χ0v) is 17.9. The molecule has 0 spiro atoms. The Kier molecular flexibility index (Phi) is 5.29. The van der Waals surface area contributed by atoms with E-state index in [2.05, 4.69) is 17.3 Å². The van der Waals surface area contributed by atoms with Gasteiger partial charge in [0.05, 0.1) is 5.69 Å². The van der Waals surface area contributed by atoms with Crippen LogP contribution in [-0.2, 0) is 21.9 Å². The minimum Gasteiger partial charge on any atom is -0.353 e. The molecule has 2 heterocycles. The monoisotopic (exact) mass is 408 g/mol. The van der Waals surface area contributed by atoms with E-state index < -0.39 is 10.0 Å². The molecule has 1 N–H and O–H groups in total. The fourth-order valence-corrected chi connectivity index (χ4v) is 7.35. The Balaban J connectivity index is 1.32. The second kappa shape index (κ2) is 7.44. The van der Waals surface area contributed by atoms with Crippen LogP contribution in [0, 0.1) is 30.6 Å². The molecule has 7 nitrogen and oxygen atoms in total. The standard InChI is InChI=1S/C20H32N4O3S/c1-13(18-11-15-4-5-17(18)10-15)21-20(25)16-6-8-24(9-7-16)28(26,27)19-12-23(3)22-14(19)2/h12-13,15-18H,4-11H2,1-3H3,(H,21,25). The highest BCUT2D eigenvalue weighted by Crippen LogP contribution is 2.49. The van der Waals surface area contributed by atoms with Gasteiger partial charge >= 0.3 is 0 Å². The molecule has 1 aromatic heterocycles. The van der Waals surface area contributed by atoms with Crippen LogP contribution in [0.25, 0.3) is 0 Å². The van der Waals surface area contributed by atoms with Crippen molar-refractivity contribution >= 4 is 15.9 Å². The molecule has 3 fully saturated rings. The number of aromatic nitrogens is 2. The molecule has 8 heteroatoms. The third-order valence-electron chi connectivity index (χ3n) is 7.22. The summed E-state index contributed by atoms with van der Waals surface area (Å²) < 4.78 is 28.8. The van der Waals surface area contributed by atoms with Gasteiger partial charge in [0.1, 0.15) is 4.90 Å². The molecule has 1 aromatic rings. The zero-order chi connectivity index (χ0) is 20.1. The van der Waals surface area contributed by atoms with Crippen molar-refractivity contribution in [3.8, 4) is 0 Å². The highest BCUT2D eigenvalue weighted by Gasteiger charge is 2.42. The van der Waals surface area contributed by atoms with Crippen molar-refractivity contribution in [1.29, 1.82) is 0 Å². The maximum Gasteiger partial charge on any atom is 0.246 e.